The van der Waals surface area contributed by atoms with E-state index in [2.05, 4.69) is 91.0 Å². The molecule has 0 saturated carbocycles. The zero-order valence-corrected chi connectivity index (χ0v) is 23.5. The molecule has 0 bridgehead atoms. The summed E-state index contributed by atoms with van der Waals surface area (Å²) in [4.78, 5) is 21.9. The molecule has 198 valence electrons. The van der Waals surface area contributed by atoms with E-state index in [1.165, 1.54) is 0 Å². The molecule has 8 aromatic rings. The maximum Gasteiger partial charge on any atom is 0.0884 e. The van der Waals surface area contributed by atoms with Gasteiger partial charge in [0.2, 0.25) is 0 Å². The molecule has 2 aromatic heterocycles. The fourth-order valence-corrected chi connectivity index (χ4v) is 7.44. The summed E-state index contributed by atoms with van der Waals surface area (Å²) in [6, 6.07) is 47.8. The second-order valence-corrected chi connectivity index (χ2v) is 12.1. The minimum atomic E-state index is -1.61. The zero-order valence-electron chi connectivity index (χ0n) is 22.6. The second kappa shape index (κ2) is 10.2. The van der Waals surface area contributed by atoms with Gasteiger partial charge in [-0.1, -0.05) is 127 Å². The summed E-state index contributed by atoms with van der Waals surface area (Å²) in [5.41, 5.74) is 5.97. The predicted molar refractivity (Wildman–Crippen MR) is 178 cm³/mol. The normalized spacial score (nSPS) is 12.3. The molecule has 0 fully saturated rings. The fourth-order valence-electron chi connectivity index (χ4n) is 6.04. The highest BCUT2D eigenvalue weighted by Crippen LogP contribution is 2.40. The Labute approximate surface area is 244 Å². The Morgan fingerprint density at radius 1 is 0.548 bits per heavy atom. The summed E-state index contributed by atoms with van der Waals surface area (Å²) in [6.45, 7) is 0. The Hall–Kier alpha value is -4.95. The van der Waals surface area contributed by atoms with Crippen molar-refractivity contribution >= 4 is 62.1 Å². The van der Waals surface area contributed by atoms with Crippen LogP contribution in [0.4, 0.5) is 0 Å². The van der Waals surface area contributed by atoms with Crippen LogP contribution in [0.1, 0.15) is 0 Å². The first-order valence-electron chi connectivity index (χ1n) is 14.0. The summed E-state index contributed by atoms with van der Waals surface area (Å²) in [6.07, 6.45) is 1.86. The van der Waals surface area contributed by atoms with Crippen LogP contribution in [-0.2, 0) is 0 Å². The van der Waals surface area contributed by atoms with E-state index in [1.54, 1.807) is 0 Å². The molecule has 0 amide bonds. The number of hydrogen-bond donors (Lipinski definition) is 1. The molecule has 1 N–H and O–H groups in total. The first kappa shape index (κ1) is 24.8. The fraction of sp³-hybridized carbons (Fsp3) is 0. The maximum atomic E-state index is 11.8. The van der Waals surface area contributed by atoms with E-state index in [4.69, 9.17) is 9.97 Å². The minimum Gasteiger partial charge on any atom is -0.364 e. The van der Waals surface area contributed by atoms with Crippen molar-refractivity contribution < 1.29 is 4.89 Å². The molecule has 6 aromatic carbocycles. The molecular weight excluding hydrogens is 531 g/mol. The van der Waals surface area contributed by atoms with Crippen molar-refractivity contribution in [1.29, 1.82) is 0 Å². The summed E-state index contributed by atoms with van der Waals surface area (Å²) < 4.78 is 0. The van der Waals surface area contributed by atoms with Crippen molar-refractivity contribution in [2.45, 2.75) is 0 Å². The molecule has 0 aliphatic heterocycles. The van der Waals surface area contributed by atoms with Crippen LogP contribution in [0.3, 0.4) is 0 Å². The number of hydrogen-bond acceptors (Lipinski definition) is 3. The third kappa shape index (κ3) is 4.06. The molecule has 4 heteroatoms. The molecular formula is C38H25N2OP. The van der Waals surface area contributed by atoms with Crippen LogP contribution in [0.15, 0.2) is 146 Å². The summed E-state index contributed by atoms with van der Waals surface area (Å²) in [5, 5.41) is 8.47. The van der Waals surface area contributed by atoms with Crippen LogP contribution in [-0.4, -0.2) is 14.9 Å². The first-order valence-corrected chi connectivity index (χ1v) is 15.3. The average molecular weight is 557 g/mol. The van der Waals surface area contributed by atoms with Crippen molar-refractivity contribution in [3.8, 4) is 22.4 Å². The average Bonchev–Trinajstić information content (AvgIpc) is 3.07. The largest absolute Gasteiger partial charge is 0.364 e. The van der Waals surface area contributed by atoms with Gasteiger partial charge < -0.3 is 4.89 Å². The highest BCUT2D eigenvalue weighted by molar-refractivity contribution is 7.68. The molecule has 0 spiro atoms. The van der Waals surface area contributed by atoms with Gasteiger partial charge in [0.05, 0.1) is 24.9 Å². The van der Waals surface area contributed by atoms with Crippen LogP contribution < -0.4 is 10.6 Å². The standard InChI is InChI=1S/C38H25N2OP/c41-42(34-16-8-7-15-30(34)25-10-3-1-4-11-25)29-20-22-31-33(24-29)40-37(27-12-5-2-6-13-27)32-21-19-26-17-18-28-14-9-23-39-38(28)35(26)36(31)32/h1-24,41H. The van der Waals surface area contributed by atoms with Gasteiger partial charge in [-0.25, -0.2) is 4.98 Å². The van der Waals surface area contributed by atoms with E-state index in [0.29, 0.717) is 0 Å². The Morgan fingerprint density at radius 3 is 2.07 bits per heavy atom. The zero-order chi connectivity index (χ0) is 28.0. The smallest absolute Gasteiger partial charge is 0.0884 e. The van der Waals surface area contributed by atoms with E-state index in [9.17, 15) is 4.89 Å². The lowest BCUT2D eigenvalue weighted by atomic mass is 9.94. The Morgan fingerprint density at radius 2 is 1.24 bits per heavy atom. The Balaban J connectivity index is 1.42. The van der Waals surface area contributed by atoms with E-state index in [-0.39, 0.29) is 0 Å². The number of nitrogens with zero attached hydrogens (tertiary/aromatic N) is 2. The molecule has 2 heterocycles. The molecule has 0 aliphatic rings. The molecule has 0 saturated heterocycles. The van der Waals surface area contributed by atoms with Gasteiger partial charge in [-0.3, -0.25) is 4.98 Å². The van der Waals surface area contributed by atoms with Crippen LogP contribution in [0.25, 0.3) is 65.7 Å². The van der Waals surface area contributed by atoms with Gasteiger partial charge in [0.25, 0.3) is 0 Å². The summed E-state index contributed by atoms with van der Waals surface area (Å²) in [5.74, 6) is 0. The van der Waals surface area contributed by atoms with Gasteiger partial charge in [0.1, 0.15) is 0 Å². The van der Waals surface area contributed by atoms with Gasteiger partial charge in [-0.15, -0.1) is 0 Å². The van der Waals surface area contributed by atoms with Crippen molar-refractivity contribution in [1.82, 2.24) is 9.97 Å². The van der Waals surface area contributed by atoms with Gasteiger partial charge >= 0.3 is 0 Å². The van der Waals surface area contributed by atoms with E-state index in [0.717, 1.165) is 76.3 Å². The number of aromatic nitrogens is 2. The molecule has 42 heavy (non-hydrogen) atoms. The van der Waals surface area contributed by atoms with Crippen LogP contribution in [0.5, 0.6) is 0 Å². The number of benzene rings is 6. The van der Waals surface area contributed by atoms with Gasteiger partial charge in [-0.05, 0) is 28.6 Å². The topological polar surface area (TPSA) is 46.0 Å². The lowest BCUT2D eigenvalue weighted by Crippen LogP contribution is -2.13. The lowest BCUT2D eigenvalue weighted by Gasteiger charge is -2.18. The summed E-state index contributed by atoms with van der Waals surface area (Å²) in [7, 11) is -1.61. The lowest BCUT2D eigenvalue weighted by molar-refractivity contribution is 0.645. The Kier molecular flexibility index (Phi) is 6.00. The molecule has 3 nitrogen and oxygen atoms in total. The third-order valence-electron chi connectivity index (χ3n) is 8.00. The van der Waals surface area contributed by atoms with Crippen molar-refractivity contribution in [3.05, 3.63) is 146 Å². The van der Waals surface area contributed by atoms with Crippen LogP contribution in [0.2, 0.25) is 0 Å². The van der Waals surface area contributed by atoms with Crippen molar-refractivity contribution in [3.63, 3.8) is 0 Å². The van der Waals surface area contributed by atoms with E-state index < -0.39 is 8.15 Å². The summed E-state index contributed by atoms with van der Waals surface area (Å²) >= 11 is 0. The number of pyridine rings is 2. The quantitative estimate of drug-likeness (QED) is 0.174. The maximum absolute atomic E-state index is 11.8. The predicted octanol–water partition coefficient (Wildman–Crippen LogP) is 8.76. The monoisotopic (exact) mass is 556 g/mol. The third-order valence-corrected chi connectivity index (χ3v) is 9.62. The highest BCUT2D eigenvalue weighted by atomic mass is 31.1. The minimum absolute atomic E-state index is 0.859. The molecule has 0 aliphatic carbocycles. The Bertz CT molecular complexity index is 2270. The number of rotatable bonds is 4. The second-order valence-electron chi connectivity index (χ2n) is 10.4. The van der Waals surface area contributed by atoms with Crippen LogP contribution in [0, 0.1) is 0 Å². The van der Waals surface area contributed by atoms with Crippen molar-refractivity contribution in [2.75, 3.05) is 0 Å². The SMILES string of the molecule is OP(c1ccc2c(c1)nc(-c1ccccc1)c1ccc3ccc4cccnc4c3c12)c1ccccc1-c1ccccc1. The van der Waals surface area contributed by atoms with Gasteiger partial charge in [-0.2, -0.15) is 0 Å². The molecule has 1 unspecified atom stereocenters. The first-order chi connectivity index (χ1) is 20.8. The van der Waals surface area contributed by atoms with Gasteiger partial charge in [0, 0.05) is 49.3 Å². The molecule has 0 radical (unpaired) electrons. The van der Waals surface area contributed by atoms with Crippen LogP contribution >= 0.6 is 8.15 Å². The molecule has 8 rings (SSSR count). The van der Waals surface area contributed by atoms with Crippen molar-refractivity contribution in [2.24, 2.45) is 0 Å². The van der Waals surface area contributed by atoms with Gasteiger partial charge in [0.15, 0.2) is 0 Å². The van der Waals surface area contributed by atoms with E-state index >= 15 is 0 Å². The highest BCUT2D eigenvalue weighted by Gasteiger charge is 2.19. The van der Waals surface area contributed by atoms with E-state index in [1.807, 2.05) is 54.7 Å². The molecule has 1 atom stereocenters. The number of fused-ring (bicyclic) bond motifs is 7.